The van der Waals surface area contributed by atoms with Gasteiger partial charge in [0.05, 0.1) is 31.5 Å². The van der Waals surface area contributed by atoms with Crippen molar-refractivity contribution >= 4 is 5.97 Å². The summed E-state index contributed by atoms with van der Waals surface area (Å²) in [5, 5.41) is 9.14. The number of carbonyl (C=O) groups excluding carboxylic acids is 1. The summed E-state index contributed by atoms with van der Waals surface area (Å²) in [5.74, 6) is -0.330. The van der Waals surface area contributed by atoms with E-state index in [4.69, 9.17) is 14.7 Å². The van der Waals surface area contributed by atoms with Crippen LogP contribution in [0, 0.1) is 11.3 Å². The highest BCUT2D eigenvalue weighted by atomic mass is 16.5. The highest BCUT2D eigenvalue weighted by molar-refractivity contribution is 5.77. The lowest BCUT2D eigenvalue weighted by atomic mass is 10.0. The summed E-state index contributed by atoms with van der Waals surface area (Å²) in [6.45, 7) is 1.74. The number of carbonyl (C=O) groups is 1. The van der Waals surface area contributed by atoms with Crippen molar-refractivity contribution in [2.75, 3.05) is 26.8 Å². The largest absolute Gasteiger partial charge is 0.468 e. The number of nitrogens with zero attached hydrogens (tertiary/aromatic N) is 2. The number of esters is 1. The van der Waals surface area contributed by atoms with Crippen LogP contribution < -0.4 is 0 Å². The Labute approximate surface area is 147 Å². The van der Waals surface area contributed by atoms with Gasteiger partial charge in [0.2, 0.25) is 0 Å². The second kappa shape index (κ2) is 7.93. The maximum absolute atomic E-state index is 12.5. The number of morpholine rings is 1. The summed E-state index contributed by atoms with van der Waals surface area (Å²) in [6, 6.07) is 18.7. The number of methoxy groups -OCH3 is 1. The minimum Gasteiger partial charge on any atom is -0.468 e. The van der Waals surface area contributed by atoms with Gasteiger partial charge in [-0.15, -0.1) is 0 Å². The van der Waals surface area contributed by atoms with Crippen LogP contribution >= 0.6 is 0 Å². The van der Waals surface area contributed by atoms with Gasteiger partial charge in [0.25, 0.3) is 0 Å². The van der Waals surface area contributed by atoms with E-state index < -0.39 is 6.04 Å². The smallest absolute Gasteiger partial charge is 0.327 e. The van der Waals surface area contributed by atoms with Gasteiger partial charge in [-0.1, -0.05) is 42.5 Å². The van der Waals surface area contributed by atoms with Gasteiger partial charge in [-0.05, 0) is 23.3 Å². The van der Waals surface area contributed by atoms with E-state index in [1.165, 1.54) is 7.11 Å². The van der Waals surface area contributed by atoms with Crippen LogP contribution in [-0.2, 0) is 14.3 Å². The van der Waals surface area contributed by atoms with Crippen molar-refractivity contribution in [1.82, 2.24) is 4.90 Å². The maximum atomic E-state index is 12.5. The SMILES string of the molecule is COC(=O)[C@H](c1cccc(C#N)c1)N1CCO[C@H](c2ccccc2)C1. The number of nitriles is 1. The monoisotopic (exact) mass is 336 g/mol. The average molecular weight is 336 g/mol. The molecule has 0 aliphatic carbocycles. The van der Waals surface area contributed by atoms with Gasteiger partial charge in [-0.2, -0.15) is 5.26 Å². The van der Waals surface area contributed by atoms with Crippen LogP contribution in [0.3, 0.4) is 0 Å². The number of benzene rings is 2. The van der Waals surface area contributed by atoms with E-state index in [1.54, 1.807) is 18.2 Å². The standard InChI is InChI=1S/C20H20N2O3/c1-24-20(23)19(17-9-5-6-15(12-17)13-21)22-10-11-25-18(14-22)16-7-3-2-4-8-16/h2-9,12,18-19H,10-11,14H2,1H3/t18-,19-/m0/s1. The zero-order chi connectivity index (χ0) is 17.6. The Balaban J connectivity index is 1.88. The predicted octanol–water partition coefficient (Wildman–Crippen LogP) is 2.85. The molecule has 0 amide bonds. The minimum absolute atomic E-state index is 0.0961. The molecule has 0 bridgehead atoms. The Bertz CT molecular complexity index is 770. The molecule has 0 radical (unpaired) electrons. The summed E-state index contributed by atoms with van der Waals surface area (Å²) in [4.78, 5) is 14.5. The Kier molecular flexibility index (Phi) is 5.44. The van der Waals surface area contributed by atoms with Crippen LogP contribution in [0.15, 0.2) is 54.6 Å². The van der Waals surface area contributed by atoms with Crippen molar-refractivity contribution in [3.05, 3.63) is 71.3 Å². The van der Waals surface area contributed by atoms with E-state index in [9.17, 15) is 4.79 Å². The van der Waals surface area contributed by atoms with Crippen molar-refractivity contribution in [2.45, 2.75) is 12.1 Å². The second-order valence-electron chi connectivity index (χ2n) is 5.93. The third kappa shape index (κ3) is 3.87. The summed E-state index contributed by atoms with van der Waals surface area (Å²) >= 11 is 0. The molecule has 1 fully saturated rings. The van der Waals surface area contributed by atoms with Gasteiger partial charge in [0.1, 0.15) is 6.04 Å². The normalized spacial score (nSPS) is 19.0. The van der Waals surface area contributed by atoms with Crippen molar-refractivity contribution in [2.24, 2.45) is 0 Å². The second-order valence-corrected chi connectivity index (χ2v) is 5.93. The van der Waals surface area contributed by atoms with Crippen LogP contribution in [-0.4, -0.2) is 37.7 Å². The van der Waals surface area contributed by atoms with Gasteiger partial charge < -0.3 is 9.47 Å². The molecule has 0 unspecified atom stereocenters. The Morgan fingerprint density at radius 3 is 2.80 bits per heavy atom. The fourth-order valence-electron chi connectivity index (χ4n) is 3.16. The molecule has 0 N–H and O–H groups in total. The summed E-state index contributed by atoms with van der Waals surface area (Å²) in [6.07, 6.45) is -0.0961. The topological polar surface area (TPSA) is 62.6 Å². The van der Waals surface area contributed by atoms with Crippen molar-refractivity contribution in [3.63, 3.8) is 0 Å². The molecule has 25 heavy (non-hydrogen) atoms. The lowest BCUT2D eigenvalue weighted by Gasteiger charge is -2.37. The first-order chi connectivity index (χ1) is 12.2. The molecule has 3 rings (SSSR count). The van der Waals surface area contributed by atoms with Crippen LogP contribution in [0.4, 0.5) is 0 Å². The fraction of sp³-hybridized carbons (Fsp3) is 0.300. The molecule has 5 nitrogen and oxygen atoms in total. The molecule has 1 saturated heterocycles. The Morgan fingerprint density at radius 2 is 2.08 bits per heavy atom. The number of hydrogen-bond donors (Lipinski definition) is 0. The molecule has 1 heterocycles. The van der Waals surface area contributed by atoms with Crippen LogP contribution in [0.2, 0.25) is 0 Å². The zero-order valence-electron chi connectivity index (χ0n) is 14.1. The Hall–Kier alpha value is -2.68. The number of ether oxygens (including phenoxy) is 2. The quantitative estimate of drug-likeness (QED) is 0.804. The number of hydrogen-bond acceptors (Lipinski definition) is 5. The van der Waals surface area contributed by atoms with Gasteiger partial charge in [0, 0.05) is 13.1 Å². The summed E-state index contributed by atoms with van der Waals surface area (Å²) in [7, 11) is 1.39. The highest BCUT2D eigenvalue weighted by Gasteiger charge is 2.33. The lowest BCUT2D eigenvalue weighted by molar-refractivity contribution is -0.150. The number of rotatable bonds is 4. The third-order valence-corrected chi connectivity index (χ3v) is 4.39. The minimum atomic E-state index is -0.548. The molecule has 0 saturated carbocycles. The molecule has 2 aromatic rings. The fourth-order valence-corrected chi connectivity index (χ4v) is 3.16. The van der Waals surface area contributed by atoms with Gasteiger partial charge in [-0.25, -0.2) is 4.79 Å². The van der Waals surface area contributed by atoms with Crippen LogP contribution in [0.25, 0.3) is 0 Å². The molecule has 5 heteroatoms. The van der Waals surface area contributed by atoms with Crippen LogP contribution in [0.5, 0.6) is 0 Å². The highest BCUT2D eigenvalue weighted by Crippen LogP contribution is 2.30. The van der Waals surface area contributed by atoms with Crippen molar-refractivity contribution < 1.29 is 14.3 Å². The molecule has 0 spiro atoms. The van der Waals surface area contributed by atoms with Crippen molar-refractivity contribution in [1.29, 1.82) is 5.26 Å². The van der Waals surface area contributed by atoms with Gasteiger partial charge >= 0.3 is 5.97 Å². The molecule has 1 aliphatic rings. The molecule has 128 valence electrons. The van der Waals surface area contributed by atoms with E-state index in [-0.39, 0.29) is 12.1 Å². The van der Waals surface area contributed by atoms with Gasteiger partial charge in [0.15, 0.2) is 0 Å². The zero-order valence-corrected chi connectivity index (χ0v) is 14.1. The molecule has 2 aromatic carbocycles. The average Bonchev–Trinajstić information content (AvgIpc) is 2.69. The molecule has 1 aliphatic heterocycles. The van der Waals surface area contributed by atoms with Crippen molar-refractivity contribution in [3.8, 4) is 6.07 Å². The van der Waals surface area contributed by atoms with E-state index >= 15 is 0 Å². The molecule has 2 atom stereocenters. The molecular formula is C20H20N2O3. The third-order valence-electron chi connectivity index (χ3n) is 4.39. The van der Waals surface area contributed by atoms with E-state index in [1.807, 2.05) is 36.4 Å². The first-order valence-electron chi connectivity index (χ1n) is 8.21. The summed E-state index contributed by atoms with van der Waals surface area (Å²) < 4.78 is 10.9. The lowest BCUT2D eigenvalue weighted by Crippen LogP contribution is -2.43. The first kappa shape index (κ1) is 17.2. The molecular weight excluding hydrogens is 316 g/mol. The van der Waals surface area contributed by atoms with Gasteiger partial charge in [-0.3, -0.25) is 4.90 Å². The Morgan fingerprint density at radius 1 is 1.28 bits per heavy atom. The van der Waals surface area contributed by atoms with Crippen LogP contribution in [0.1, 0.15) is 28.8 Å². The van der Waals surface area contributed by atoms with E-state index in [0.29, 0.717) is 25.3 Å². The maximum Gasteiger partial charge on any atom is 0.327 e. The summed E-state index contributed by atoms with van der Waals surface area (Å²) in [5.41, 5.74) is 2.38. The first-order valence-corrected chi connectivity index (χ1v) is 8.21. The van der Waals surface area contributed by atoms with E-state index in [2.05, 4.69) is 11.0 Å². The molecule has 0 aromatic heterocycles. The van der Waals surface area contributed by atoms with E-state index in [0.717, 1.165) is 11.1 Å². The predicted molar refractivity (Wildman–Crippen MR) is 92.6 cm³/mol.